The monoisotopic (exact) mass is 343 g/mol. The van der Waals surface area contributed by atoms with Gasteiger partial charge in [-0.25, -0.2) is 9.67 Å². The standard InChI is InChI=1S/C19H17N7/c20-12-14-6-4-10-23-19(14)24-11-5-9-17-16(13-21)18(22)26(25-17)15-7-2-1-3-8-15/h1-4,6-8,10H,5,9,11,22H2,(H,23,24). The Hall–Kier alpha value is -3.84. The minimum atomic E-state index is 0.346. The predicted octanol–water partition coefficient (Wildman–Crippen LogP) is 2.64. The van der Waals surface area contributed by atoms with E-state index in [1.54, 1.807) is 23.0 Å². The third-order valence-corrected chi connectivity index (χ3v) is 3.92. The summed E-state index contributed by atoms with van der Waals surface area (Å²) in [6.07, 6.45) is 2.95. The van der Waals surface area contributed by atoms with Gasteiger partial charge in [0.25, 0.3) is 0 Å². The van der Waals surface area contributed by atoms with E-state index < -0.39 is 0 Å². The van der Waals surface area contributed by atoms with Crippen molar-refractivity contribution in [1.82, 2.24) is 14.8 Å². The highest BCUT2D eigenvalue weighted by Crippen LogP contribution is 2.21. The summed E-state index contributed by atoms with van der Waals surface area (Å²) in [6, 6.07) is 17.2. The lowest BCUT2D eigenvalue weighted by atomic mass is 10.1. The van der Waals surface area contributed by atoms with E-state index >= 15 is 0 Å². The average molecular weight is 343 g/mol. The molecule has 0 unspecified atom stereocenters. The van der Waals surface area contributed by atoms with Gasteiger partial charge in [0.1, 0.15) is 29.3 Å². The molecule has 0 spiro atoms. The van der Waals surface area contributed by atoms with Crippen LogP contribution in [-0.4, -0.2) is 21.3 Å². The molecule has 7 heteroatoms. The van der Waals surface area contributed by atoms with Crippen molar-refractivity contribution in [3.63, 3.8) is 0 Å². The Morgan fingerprint density at radius 1 is 1.08 bits per heavy atom. The van der Waals surface area contributed by atoms with Gasteiger partial charge >= 0.3 is 0 Å². The number of hydrogen-bond acceptors (Lipinski definition) is 6. The van der Waals surface area contributed by atoms with E-state index in [-0.39, 0.29) is 0 Å². The van der Waals surface area contributed by atoms with Crippen LogP contribution in [0.4, 0.5) is 11.6 Å². The first kappa shape index (κ1) is 17.0. The Bertz CT molecular complexity index is 977. The summed E-state index contributed by atoms with van der Waals surface area (Å²) >= 11 is 0. The second-order valence-electron chi connectivity index (χ2n) is 5.61. The molecule has 0 saturated heterocycles. The molecule has 3 aromatic rings. The van der Waals surface area contributed by atoms with E-state index in [1.165, 1.54) is 0 Å². The minimum Gasteiger partial charge on any atom is -0.382 e. The molecular weight excluding hydrogens is 326 g/mol. The van der Waals surface area contributed by atoms with E-state index in [0.717, 1.165) is 12.1 Å². The molecule has 0 amide bonds. The van der Waals surface area contributed by atoms with Crippen LogP contribution in [0, 0.1) is 22.7 Å². The maximum Gasteiger partial charge on any atom is 0.145 e. The molecule has 26 heavy (non-hydrogen) atoms. The van der Waals surface area contributed by atoms with Crippen LogP contribution in [0.2, 0.25) is 0 Å². The molecule has 1 aromatic carbocycles. The van der Waals surface area contributed by atoms with Crippen LogP contribution in [-0.2, 0) is 6.42 Å². The molecule has 0 saturated carbocycles. The number of nitrogens with one attached hydrogen (secondary N) is 1. The van der Waals surface area contributed by atoms with E-state index in [2.05, 4.69) is 27.5 Å². The van der Waals surface area contributed by atoms with Crippen LogP contribution in [0.15, 0.2) is 48.7 Å². The van der Waals surface area contributed by atoms with Crippen molar-refractivity contribution in [2.45, 2.75) is 12.8 Å². The fraction of sp³-hybridized carbons (Fsp3) is 0.158. The number of aromatic nitrogens is 3. The van der Waals surface area contributed by atoms with Crippen LogP contribution < -0.4 is 11.1 Å². The topological polar surface area (TPSA) is 116 Å². The summed E-state index contributed by atoms with van der Waals surface area (Å²) in [4.78, 5) is 4.16. The van der Waals surface area contributed by atoms with Gasteiger partial charge < -0.3 is 11.1 Å². The Morgan fingerprint density at radius 3 is 2.62 bits per heavy atom. The molecule has 0 radical (unpaired) electrons. The molecule has 3 N–H and O–H groups in total. The number of nitrogen functional groups attached to an aromatic ring is 1. The summed E-state index contributed by atoms with van der Waals surface area (Å²) in [5, 5.41) is 26.1. The highest BCUT2D eigenvalue weighted by atomic mass is 15.3. The number of para-hydroxylation sites is 1. The second-order valence-corrected chi connectivity index (χ2v) is 5.61. The number of anilines is 2. The molecule has 0 aliphatic carbocycles. The summed E-state index contributed by atoms with van der Waals surface area (Å²) < 4.78 is 1.59. The van der Waals surface area contributed by atoms with Crippen molar-refractivity contribution in [3.8, 4) is 17.8 Å². The predicted molar refractivity (Wildman–Crippen MR) is 98.5 cm³/mol. The first-order valence-electron chi connectivity index (χ1n) is 8.16. The summed E-state index contributed by atoms with van der Waals surface area (Å²) in [6.45, 7) is 0.606. The van der Waals surface area contributed by atoms with Crippen LogP contribution in [0.1, 0.15) is 23.2 Å². The first-order valence-corrected chi connectivity index (χ1v) is 8.16. The lowest BCUT2D eigenvalue weighted by molar-refractivity contribution is 0.789. The quantitative estimate of drug-likeness (QED) is 0.665. The van der Waals surface area contributed by atoms with Gasteiger partial charge in [-0.05, 0) is 37.1 Å². The SMILES string of the molecule is N#Cc1cccnc1NCCCc1nn(-c2ccccc2)c(N)c1C#N. The van der Waals surface area contributed by atoms with Gasteiger partial charge in [0, 0.05) is 12.7 Å². The van der Waals surface area contributed by atoms with E-state index in [0.29, 0.717) is 41.4 Å². The second kappa shape index (κ2) is 7.82. The summed E-state index contributed by atoms with van der Waals surface area (Å²) in [5.41, 5.74) is 8.49. The number of hydrogen-bond donors (Lipinski definition) is 2. The number of rotatable bonds is 6. The lowest BCUT2D eigenvalue weighted by Gasteiger charge is -2.06. The third-order valence-electron chi connectivity index (χ3n) is 3.92. The Balaban J connectivity index is 1.69. The summed E-state index contributed by atoms with van der Waals surface area (Å²) in [5.74, 6) is 0.906. The van der Waals surface area contributed by atoms with E-state index in [9.17, 15) is 5.26 Å². The van der Waals surface area contributed by atoms with Crippen LogP contribution in [0.3, 0.4) is 0 Å². The highest BCUT2D eigenvalue weighted by Gasteiger charge is 2.16. The van der Waals surface area contributed by atoms with Crippen molar-refractivity contribution < 1.29 is 0 Å². The molecule has 0 atom stereocenters. The molecule has 3 rings (SSSR count). The molecule has 0 aliphatic rings. The highest BCUT2D eigenvalue weighted by molar-refractivity contribution is 5.56. The third kappa shape index (κ3) is 3.47. The Labute approximate surface area is 151 Å². The molecule has 0 fully saturated rings. The number of benzene rings is 1. The maximum absolute atomic E-state index is 9.42. The van der Waals surface area contributed by atoms with Crippen molar-refractivity contribution in [2.75, 3.05) is 17.6 Å². The molecule has 7 nitrogen and oxygen atoms in total. The number of pyridine rings is 1. The smallest absolute Gasteiger partial charge is 0.145 e. The van der Waals surface area contributed by atoms with Crippen LogP contribution >= 0.6 is 0 Å². The molecule has 0 aliphatic heterocycles. The Kier molecular flexibility index (Phi) is 5.11. The zero-order chi connectivity index (χ0) is 18.4. The fourth-order valence-electron chi connectivity index (χ4n) is 2.64. The zero-order valence-corrected chi connectivity index (χ0v) is 14.1. The van der Waals surface area contributed by atoms with Crippen molar-refractivity contribution in [3.05, 3.63) is 65.5 Å². The average Bonchev–Trinajstić information content (AvgIpc) is 3.01. The largest absolute Gasteiger partial charge is 0.382 e. The lowest BCUT2D eigenvalue weighted by Crippen LogP contribution is -2.07. The number of nitrogens with two attached hydrogens (primary N) is 1. The maximum atomic E-state index is 9.42. The number of aryl methyl sites for hydroxylation is 1. The van der Waals surface area contributed by atoms with Gasteiger partial charge in [0.15, 0.2) is 0 Å². The van der Waals surface area contributed by atoms with Gasteiger partial charge in [-0.15, -0.1) is 0 Å². The number of nitriles is 2. The van der Waals surface area contributed by atoms with Crippen molar-refractivity contribution >= 4 is 11.6 Å². The van der Waals surface area contributed by atoms with E-state index in [1.807, 2.05) is 30.3 Å². The molecular formula is C19H17N7. The fourth-order valence-corrected chi connectivity index (χ4v) is 2.64. The van der Waals surface area contributed by atoms with Gasteiger partial charge in [-0.1, -0.05) is 18.2 Å². The van der Waals surface area contributed by atoms with Crippen molar-refractivity contribution in [1.29, 1.82) is 10.5 Å². The minimum absolute atomic E-state index is 0.346. The van der Waals surface area contributed by atoms with Crippen molar-refractivity contribution in [2.24, 2.45) is 0 Å². The molecule has 2 heterocycles. The molecule has 2 aromatic heterocycles. The zero-order valence-electron chi connectivity index (χ0n) is 14.1. The van der Waals surface area contributed by atoms with E-state index in [4.69, 9.17) is 11.0 Å². The van der Waals surface area contributed by atoms with Gasteiger partial charge in [0.2, 0.25) is 0 Å². The molecule has 0 bridgehead atoms. The van der Waals surface area contributed by atoms with Gasteiger partial charge in [0.05, 0.1) is 16.9 Å². The van der Waals surface area contributed by atoms with Crippen LogP contribution in [0.25, 0.3) is 5.69 Å². The first-order chi connectivity index (χ1) is 12.7. The normalized spacial score (nSPS) is 10.1. The molecule has 128 valence electrons. The van der Waals surface area contributed by atoms with Crippen LogP contribution in [0.5, 0.6) is 0 Å². The Morgan fingerprint density at radius 2 is 1.88 bits per heavy atom. The van der Waals surface area contributed by atoms with Gasteiger partial charge in [-0.2, -0.15) is 15.6 Å². The summed E-state index contributed by atoms with van der Waals surface area (Å²) in [7, 11) is 0. The van der Waals surface area contributed by atoms with Gasteiger partial charge in [-0.3, -0.25) is 0 Å². The number of nitrogens with zero attached hydrogens (tertiary/aromatic N) is 5.